The number of hydrogen-bond acceptors (Lipinski definition) is 3. The van der Waals surface area contributed by atoms with Crippen LogP contribution in [0.25, 0.3) is 0 Å². The number of nitrogens with one attached hydrogen (secondary N) is 2. The summed E-state index contributed by atoms with van der Waals surface area (Å²) in [6.45, 7) is 4.16. The number of amides is 2. The maximum atomic E-state index is 11.7. The SMILES string of the molecule is Cc1cccc(COC(=O)NNC(=O)CCc2ccccc2)c1C. The van der Waals surface area contributed by atoms with Gasteiger partial charge in [-0.05, 0) is 42.5 Å². The number of ether oxygens (including phenoxy) is 1. The molecule has 0 aliphatic heterocycles. The van der Waals surface area contributed by atoms with Crippen molar-refractivity contribution in [2.45, 2.75) is 33.3 Å². The van der Waals surface area contributed by atoms with Crippen molar-refractivity contribution >= 4 is 12.0 Å². The summed E-state index contributed by atoms with van der Waals surface area (Å²) in [4.78, 5) is 23.4. The second-order valence-corrected chi connectivity index (χ2v) is 5.59. The van der Waals surface area contributed by atoms with Crippen molar-refractivity contribution in [3.05, 3.63) is 70.8 Å². The average Bonchev–Trinajstić information content (AvgIpc) is 2.60. The van der Waals surface area contributed by atoms with Crippen LogP contribution in [0.15, 0.2) is 48.5 Å². The van der Waals surface area contributed by atoms with Gasteiger partial charge in [0.1, 0.15) is 6.61 Å². The Labute approximate surface area is 142 Å². The normalized spacial score (nSPS) is 10.1. The molecule has 2 amide bonds. The Morgan fingerprint density at radius 3 is 2.46 bits per heavy atom. The van der Waals surface area contributed by atoms with E-state index in [1.807, 2.05) is 62.4 Å². The molecule has 0 unspecified atom stereocenters. The number of carbonyl (C=O) groups is 2. The molecule has 24 heavy (non-hydrogen) atoms. The minimum atomic E-state index is -0.677. The highest BCUT2D eigenvalue weighted by molar-refractivity contribution is 5.79. The molecular weight excluding hydrogens is 304 g/mol. The molecule has 0 fully saturated rings. The van der Waals surface area contributed by atoms with E-state index in [0.717, 1.165) is 22.3 Å². The van der Waals surface area contributed by atoms with Gasteiger partial charge in [0.2, 0.25) is 5.91 Å². The molecule has 2 N–H and O–H groups in total. The van der Waals surface area contributed by atoms with E-state index in [9.17, 15) is 9.59 Å². The topological polar surface area (TPSA) is 67.4 Å². The monoisotopic (exact) mass is 326 g/mol. The van der Waals surface area contributed by atoms with Crippen LogP contribution in [0.4, 0.5) is 4.79 Å². The van der Waals surface area contributed by atoms with Crippen LogP contribution in [-0.4, -0.2) is 12.0 Å². The number of rotatable bonds is 5. The third kappa shape index (κ3) is 5.43. The Hall–Kier alpha value is -2.82. The Morgan fingerprint density at radius 2 is 1.71 bits per heavy atom. The summed E-state index contributed by atoms with van der Waals surface area (Å²) in [6.07, 6.45) is 0.233. The Kier molecular flexibility index (Phi) is 6.37. The lowest BCUT2D eigenvalue weighted by molar-refractivity contribution is -0.121. The van der Waals surface area contributed by atoms with Gasteiger partial charge in [-0.1, -0.05) is 48.5 Å². The maximum Gasteiger partial charge on any atom is 0.426 e. The fourth-order valence-corrected chi connectivity index (χ4v) is 2.23. The summed E-state index contributed by atoms with van der Waals surface area (Å²) in [5, 5.41) is 0. The van der Waals surface area contributed by atoms with Gasteiger partial charge in [-0.2, -0.15) is 0 Å². The van der Waals surface area contributed by atoms with Crippen molar-refractivity contribution in [2.75, 3.05) is 0 Å². The molecule has 0 atom stereocenters. The molecular formula is C19H22N2O3. The van der Waals surface area contributed by atoms with Gasteiger partial charge < -0.3 is 4.74 Å². The number of hydrazine groups is 1. The predicted octanol–water partition coefficient (Wildman–Crippen LogP) is 3.19. The van der Waals surface area contributed by atoms with E-state index in [0.29, 0.717) is 12.8 Å². The summed E-state index contributed by atoms with van der Waals surface area (Å²) in [5.74, 6) is -0.262. The predicted molar refractivity (Wildman–Crippen MR) is 92.1 cm³/mol. The molecule has 0 bridgehead atoms. The fraction of sp³-hybridized carbons (Fsp3) is 0.263. The van der Waals surface area contributed by atoms with Crippen LogP contribution >= 0.6 is 0 Å². The van der Waals surface area contributed by atoms with E-state index in [-0.39, 0.29) is 12.5 Å². The number of benzene rings is 2. The fourth-order valence-electron chi connectivity index (χ4n) is 2.23. The second kappa shape index (κ2) is 8.72. The molecule has 0 saturated carbocycles. The summed E-state index contributed by atoms with van der Waals surface area (Å²) in [6, 6.07) is 15.5. The first-order chi connectivity index (χ1) is 11.6. The lowest BCUT2D eigenvalue weighted by atomic mass is 10.0. The molecule has 0 saturated heterocycles. The van der Waals surface area contributed by atoms with Crippen molar-refractivity contribution in [1.29, 1.82) is 0 Å². The van der Waals surface area contributed by atoms with Crippen LogP contribution in [0.5, 0.6) is 0 Å². The molecule has 0 spiro atoms. The van der Waals surface area contributed by atoms with Gasteiger partial charge in [0.15, 0.2) is 0 Å². The first-order valence-electron chi connectivity index (χ1n) is 7.87. The minimum absolute atomic E-state index is 0.166. The van der Waals surface area contributed by atoms with Crippen molar-refractivity contribution < 1.29 is 14.3 Å². The smallest absolute Gasteiger partial charge is 0.426 e. The highest BCUT2D eigenvalue weighted by atomic mass is 16.6. The van der Waals surface area contributed by atoms with Gasteiger partial charge in [0.05, 0.1) is 0 Å². The van der Waals surface area contributed by atoms with Gasteiger partial charge in [0, 0.05) is 6.42 Å². The molecule has 2 aromatic carbocycles. The molecule has 0 heterocycles. The van der Waals surface area contributed by atoms with Crippen LogP contribution in [0.2, 0.25) is 0 Å². The van der Waals surface area contributed by atoms with Crippen molar-refractivity contribution in [2.24, 2.45) is 0 Å². The highest BCUT2D eigenvalue weighted by Gasteiger charge is 2.07. The minimum Gasteiger partial charge on any atom is -0.443 e. The van der Waals surface area contributed by atoms with Gasteiger partial charge in [-0.15, -0.1) is 0 Å². The van der Waals surface area contributed by atoms with Crippen molar-refractivity contribution in [3.8, 4) is 0 Å². The van der Waals surface area contributed by atoms with E-state index >= 15 is 0 Å². The van der Waals surface area contributed by atoms with Crippen LogP contribution in [0.1, 0.15) is 28.7 Å². The summed E-state index contributed by atoms with van der Waals surface area (Å²) in [5.41, 5.74) is 8.87. The average molecular weight is 326 g/mol. The number of hydrogen-bond donors (Lipinski definition) is 2. The lowest BCUT2D eigenvalue weighted by Crippen LogP contribution is -2.41. The first kappa shape index (κ1) is 17.5. The van der Waals surface area contributed by atoms with Crippen LogP contribution < -0.4 is 10.9 Å². The van der Waals surface area contributed by atoms with E-state index in [1.54, 1.807) is 0 Å². The number of carbonyl (C=O) groups excluding carboxylic acids is 2. The van der Waals surface area contributed by atoms with Gasteiger partial charge in [0.25, 0.3) is 0 Å². The molecule has 0 radical (unpaired) electrons. The highest BCUT2D eigenvalue weighted by Crippen LogP contribution is 2.13. The molecule has 2 rings (SSSR count). The second-order valence-electron chi connectivity index (χ2n) is 5.59. The van der Waals surface area contributed by atoms with Crippen molar-refractivity contribution in [1.82, 2.24) is 10.9 Å². The molecule has 126 valence electrons. The van der Waals surface area contributed by atoms with E-state index in [4.69, 9.17) is 4.74 Å². The van der Waals surface area contributed by atoms with E-state index < -0.39 is 6.09 Å². The number of aryl methyl sites for hydroxylation is 2. The quantitative estimate of drug-likeness (QED) is 0.829. The van der Waals surface area contributed by atoms with Crippen LogP contribution in [-0.2, 0) is 22.6 Å². The molecule has 5 heteroatoms. The molecule has 5 nitrogen and oxygen atoms in total. The van der Waals surface area contributed by atoms with Gasteiger partial charge in [-0.3, -0.25) is 10.2 Å². The van der Waals surface area contributed by atoms with Crippen LogP contribution in [0, 0.1) is 13.8 Å². The third-order valence-corrected chi connectivity index (χ3v) is 3.86. The third-order valence-electron chi connectivity index (χ3n) is 3.86. The standard InChI is InChI=1S/C19H22N2O3/c1-14-7-6-10-17(15(14)2)13-24-19(23)21-20-18(22)12-11-16-8-4-3-5-9-16/h3-10H,11-13H2,1-2H3,(H,20,22)(H,21,23). The molecule has 0 aliphatic rings. The lowest BCUT2D eigenvalue weighted by Gasteiger charge is -2.11. The van der Waals surface area contributed by atoms with Gasteiger partial charge in [-0.25, -0.2) is 10.2 Å². The zero-order valence-corrected chi connectivity index (χ0v) is 14.0. The molecule has 0 aromatic heterocycles. The molecule has 0 aliphatic carbocycles. The summed E-state index contributed by atoms with van der Waals surface area (Å²) in [7, 11) is 0. The van der Waals surface area contributed by atoms with E-state index in [2.05, 4.69) is 10.9 Å². The zero-order valence-electron chi connectivity index (χ0n) is 14.0. The summed E-state index contributed by atoms with van der Waals surface area (Å²) < 4.78 is 5.11. The zero-order chi connectivity index (χ0) is 17.4. The maximum absolute atomic E-state index is 11.7. The largest absolute Gasteiger partial charge is 0.443 e. The van der Waals surface area contributed by atoms with Crippen LogP contribution in [0.3, 0.4) is 0 Å². The Bertz CT molecular complexity index is 699. The van der Waals surface area contributed by atoms with E-state index in [1.165, 1.54) is 0 Å². The Balaban J connectivity index is 1.69. The Morgan fingerprint density at radius 1 is 0.958 bits per heavy atom. The van der Waals surface area contributed by atoms with Gasteiger partial charge >= 0.3 is 6.09 Å². The first-order valence-corrected chi connectivity index (χ1v) is 7.87. The molecule has 2 aromatic rings. The van der Waals surface area contributed by atoms with Crippen molar-refractivity contribution in [3.63, 3.8) is 0 Å². The summed E-state index contributed by atoms with van der Waals surface area (Å²) >= 11 is 0.